The minimum absolute atomic E-state index is 0.0983. The van der Waals surface area contributed by atoms with Gasteiger partial charge in [-0.2, -0.15) is 0 Å². The second-order valence-electron chi connectivity index (χ2n) is 10.5. The normalized spacial score (nSPS) is 18.6. The number of amides is 3. The fraction of sp³-hybridized carbons (Fsp3) is 0.370. The smallest absolute Gasteiger partial charge is 0.437 e. The summed E-state index contributed by atoms with van der Waals surface area (Å²) in [5, 5.41) is 12.3. The molecular weight excluding hydrogens is 566 g/mol. The third kappa shape index (κ3) is 7.09. The molecule has 1 fully saturated rings. The van der Waals surface area contributed by atoms with Gasteiger partial charge in [-0.15, -0.1) is 4.99 Å². The van der Waals surface area contributed by atoms with E-state index in [4.69, 9.17) is 21.1 Å². The van der Waals surface area contributed by atoms with Gasteiger partial charge in [0, 0.05) is 20.2 Å². The standard InChI is InChI=1S/C27H29ClF2N4O7/c1-26(2,3)41-24(38)31-23-32-27(4,15-10-16(29)12-17(30)11-15)22(37)34(23)20(13-40-25(39)33(5)6)14-7-8-19(28)18(9-14)21(35)36/h7-12,20H,13H2,1-6H3,(H,35,36)(H,31,32,38)/t20-,27-/m1/s1. The van der Waals surface area contributed by atoms with Crippen molar-refractivity contribution in [2.45, 2.75) is 44.9 Å². The number of hydrogen-bond acceptors (Lipinski definition) is 6. The quantitative estimate of drug-likeness (QED) is 0.491. The van der Waals surface area contributed by atoms with E-state index in [2.05, 4.69) is 10.3 Å². The number of carbonyl (C=O) groups is 4. The average molecular weight is 595 g/mol. The van der Waals surface area contributed by atoms with Crippen LogP contribution in [0, 0.1) is 11.6 Å². The molecule has 2 aromatic carbocycles. The van der Waals surface area contributed by atoms with Crippen LogP contribution in [0.1, 0.15) is 55.2 Å². The molecule has 2 atom stereocenters. The second kappa shape index (κ2) is 11.7. The van der Waals surface area contributed by atoms with Crippen LogP contribution in [-0.4, -0.2) is 71.2 Å². The summed E-state index contributed by atoms with van der Waals surface area (Å²) in [4.78, 5) is 56.9. The van der Waals surface area contributed by atoms with Gasteiger partial charge >= 0.3 is 18.2 Å². The van der Waals surface area contributed by atoms with E-state index in [1.54, 1.807) is 20.8 Å². The Bertz CT molecular complexity index is 1410. The monoisotopic (exact) mass is 594 g/mol. The van der Waals surface area contributed by atoms with E-state index in [0.29, 0.717) is 6.07 Å². The number of aromatic carboxylic acids is 1. The van der Waals surface area contributed by atoms with Gasteiger partial charge in [0.1, 0.15) is 29.4 Å². The Morgan fingerprint density at radius 1 is 1.15 bits per heavy atom. The highest BCUT2D eigenvalue weighted by molar-refractivity contribution is 6.33. The minimum Gasteiger partial charge on any atom is -0.478 e. The number of aliphatic imine (C=N–C) groups is 1. The Morgan fingerprint density at radius 3 is 2.29 bits per heavy atom. The number of nitrogens with zero attached hydrogens (tertiary/aromatic N) is 3. The van der Waals surface area contributed by atoms with E-state index in [0.717, 1.165) is 21.9 Å². The molecule has 1 aliphatic rings. The first-order valence-corrected chi connectivity index (χ1v) is 12.6. The van der Waals surface area contributed by atoms with E-state index in [9.17, 15) is 33.1 Å². The molecule has 1 heterocycles. The molecule has 1 saturated heterocycles. The summed E-state index contributed by atoms with van der Waals surface area (Å²) in [7, 11) is 2.85. The van der Waals surface area contributed by atoms with Crippen molar-refractivity contribution < 1.29 is 42.5 Å². The Kier molecular flexibility index (Phi) is 8.92. The Hall–Kier alpha value is -4.26. The SMILES string of the molecule is CN(C)C(=O)OC[C@H](c1ccc(Cl)c(C(=O)O)c1)N1C(=O)[C@@](C)(c2cc(F)cc(F)c2)N/C1=N\C(=O)OC(C)(C)C. The highest BCUT2D eigenvalue weighted by Gasteiger charge is 2.51. The fourth-order valence-corrected chi connectivity index (χ4v) is 4.17. The largest absolute Gasteiger partial charge is 0.478 e. The summed E-state index contributed by atoms with van der Waals surface area (Å²) in [6.07, 6.45) is -1.89. The highest BCUT2D eigenvalue weighted by atomic mass is 35.5. The van der Waals surface area contributed by atoms with Crippen LogP contribution in [0.3, 0.4) is 0 Å². The lowest BCUT2D eigenvalue weighted by Gasteiger charge is -2.29. The van der Waals surface area contributed by atoms with Gasteiger partial charge in [0.2, 0.25) is 5.96 Å². The summed E-state index contributed by atoms with van der Waals surface area (Å²) < 4.78 is 39.0. The molecule has 0 radical (unpaired) electrons. The zero-order valence-electron chi connectivity index (χ0n) is 23.1. The number of carboxylic acids is 1. The molecule has 11 nitrogen and oxygen atoms in total. The zero-order valence-corrected chi connectivity index (χ0v) is 23.9. The lowest BCUT2D eigenvalue weighted by atomic mass is 9.91. The van der Waals surface area contributed by atoms with Crippen LogP contribution in [0.5, 0.6) is 0 Å². The third-order valence-corrected chi connectivity index (χ3v) is 6.24. The third-order valence-electron chi connectivity index (χ3n) is 5.91. The molecule has 2 N–H and O–H groups in total. The first-order chi connectivity index (χ1) is 18.9. The van der Waals surface area contributed by atoms with E-state index >= 15 is 0 Å². The summed E-state index contributed by atoms with van der Waals surface area (Å²) in [5.74, 6) is -4.52. The van der Waals surface area contributed by atoms with Crippen molar-refractivity contribution in [3.05, 3.63) is 69.7 Å². The molecule has 2 aromatic rings. The van der Waals surface area contributed by atoms with Crippen LogP contribution in [-0.2, 0) is 19.8 Å². The molecule has 0 bridgehead atoms. The first-order valence-electron chi connectivity index (χ1n) is 12.2. The topological polar surface area (TPSA) is 138 Å². The summed E-state index contributed by atoms with van der Waals surface area (Å²) in [5.41, 5.74) is -3.13. The maximum absolute atomic E-state index is 14.2. The van der Waals surface area contributed by atoms with Crippen molar-refractivity contribution in [1.82, 2.24) is 15.1 Å². The lowest BCUT2D eigenvalue weighted by molar-refractivity contribution is -0.133. The average Bonchev–Trinajstić information content (AvgIpc) is 3.08. The van der Waals surface area contributed by atoms with Crippen molar-refractivity contribution in [1.29, 1.82) is 0 Å². The van der Waals surface area contributed by atoms with E-state index in [-0.39, 0.29) is 21.7 Å². The molecule has 0 unspecified atom stereocenters. The first kappa shape index (κ1) is 31.3. The number of ether oxygens (including phenoxy) is 2. The number of guanidine groups is 1. The van der Waals surface area contributed by atoms with E-state index < -0.39 is 65.4 Å². The van der Waals surface area contributed by atoms with Gasteiger partial charge in [-0.05, 0) is 63.1 Å². The molecule has 0 aromatic heterocycles. The van der Waals surface area contributed by atoms with Crippen molar-refractivity contribution >= 4 is 41.6 Å². The van der Waals surface area contributed by atoms with Crippen molar-refractivity contribution in [2.24, 2.45) is 4.99 Å². The summed E-state index contributed by atoms with van der Waals surface area (Å²) >= 11 is 6.05. The maximum atomic E-state index is 14.2. The molecular formula is C27H29ClF2N4O7. The number of halogens is 3. The van der Waals surface area contributed by atoms with E-state index in [1.807, 2.05) is 0 Å². The predicted molar refractivity (Wildman–Crippen MR) is 144 cm³/mol. The zero-order chi connectivity index (χ0) is 30.9. The van der Waals surface area contributed by atoms with Crippen LogP contribution in [0.4, 0.5) is 18.4 Å². The van der Waals surface area contributed by atoms with Crippen LogP contribution in [0.15, 0.2) is 41.4 Å². The molecule has 3 rings (SSSR count). The van der Waals surface area contributed by atoms with Crippen LogP contribution in [0.25, 0.3) is 0 Å². The minimum atomic E-state index is -1.87. The van der Waals surface area contributed by atoms with Gasteiger partial charge in [0.25, 0.3) is 5.91 Å². The molecule has 0 saturated carbocycles. The number of nitrogens with one attached hydrogen (secondary N) is 1. The van der Waals surface area contributed by atoms with Crippen molar-refractivity contribution in [3.63, 3.8) is 0 Å². The Labute approximate surface area is 239 Å². The van der Waals surface area contributed by atoms with Crippen LogP contribution in [0.2, 0.25) is 5.02 Å². The number of rotatable bonds is 6. The predicted octanol–water partition coefficient (Wildman–Crippen LogP) is 4.69. The van der Waals surface area contributed by atoms with Gasteiger partial charge in [-0.3, -0.25) is 9.69 Å². The Balaban J connectivity index is 2.23. The maximum Gasteiger partial charge on any atom is 0.437 e. The number of benzene rings is 2. The summed E-state index contributed by atoms with van der Waals surface area (Å²) in [6, 6.07) is 5.08. The van der Waals surface area contributed by atoms with Gasteiger partial charge in [0.05, 0.1) is 16.6 Å². The van der Waals surface area contributed by atoms with Crippen molar-refractivity contribution in [3.8, 4) is 0 Å². The second-order valence-corrected chi connectivity index (χ2v) is 10.9. The van der Waals surface area contributed by atoms with Crippen molar-refractivity contribution in [2.75, 3.05) is 20.7 Å². The van der Waals surface area contributed by atoms with Crippen LogP contribution < -0.4 is 5.32 Å². The number of carbonyl (C=O) groups excluding carboxylic acids is 3. The number of carboxylic acid groups (broad SMARTS) is 1. The summed E-state index contributed by atoms with van der Waals surface area (Å²) in [6.45, 7) is 5.58. The molecule has 0 aliphatic carbocycles. The lowest BCUT2D eigenvalue weighted by Crippen LogP contribution is -2.42. The molecule has 1 aliphatic heterocycles. The van der Waals surface area contributed by atoms with E-state index in [1.165, 1.54) is 39.2 Å². The van der Waals surface area contributed by atoms with Gasteiger partial charge in [-0.25, -0.2) is 23.2 Å². The number of hydrogen-bond donors (Lipinski definition) is 2. The highest BCUT2D eigenvalue weighted by Crippen LogP contribution is 2.36. The molecule has 14 heteroatoms. The molecule has 0 spiro atoms. The molecule has 3 amide bonds. The van der Waals surface area contributed by atoms with Gasteiger partial charge < -0.3 is 24.8 Å². The molecule has 220 valence electrons. The molecule has 41 heavy (non-hydrogen) atoms. The Morgan fingerprint density at radius 2 is 1.76 bits per heavy atom. The van der Waals surface area contributed by atoms with Crippen LogP contribution >= 0.6 is 11.6 Å². The van der Waals surface area contributed by atoms with Gasteiger partial charge in [-0.1, -0.05) is 17.7 Å². The van der Waals surface area contributed by atoms with Gasteiger partial charge in [0.15, 0.2) is 0 Å². The fourth-order valence-electron chi connectivity index (χ4n) is 3.97.